The molecular weight excluding hydrogens is 913 g/mol. The van der Waals surface area contributed by atoms with E-state index in [0.29, 0.717) is 65.6 Å². The molecule has 4 aromatic heterocycles. The Labute approximate surface area is 400 Å². The maximum atomic E-state index is 13.4. The molecule has 8 rings (SSSR count). The maximum absolute atomic E-state index is 13.4. The molecule has 2 fully saturated rings. The van der Waals surface area contributed by atoms with Gasteiger partial charge in [0.15, 0.2) is 0 Å². The van der Waals surface area contributed by atoms with Crippen molar-refractivity contribution in [1.82, 2.24) is 28.6 Å². The third-order valence-corrected chi connectivity index (χ3v) is 13.2. The maximum Gasteiger partial charge on any atom is 0.300 e. The van der Waals surface area contributed by atoms with E-state index in [1.54, 1.807) is 24.5 Å². The van der Waals surface area contributed by atoms with Crippen molar-refractivity contribution in [2.75, 3.05) is 23.7 Å². The Morgan fingerprint density at radius 1 is 0.652 bits per heavy atom. The van der Waals surface area contributed by atoms with Crippen molar-refractivity contribution < 1.29 is 19.5 Å². The van der Waals surface area contributed by atoms with Gasteiger partial charge in [-0.15, -0.1) is 0 Å². The van der Waals surface area contributed by atoms with E-state index in [9.17, 15) is 19.2 Å². The van der Waals surface area contributed by atoms with Gasteiger partial charge in [0.05, 0.1) is 20.9 Å². The first-order valence-electron chi connectivity index (χ1n) is 20.9. The molecule has 2 aromatic carbocycles. The summed E-state index contributed by atoms with van der Waals surface area (Å²) in [4.78, 5) is 74.7. The molecule has 0 radical (unpaired) electrons. The molecule has 2 unspecified atom stereocenters. The molecule has 0 bridgehead atoms. The molecule has 2 saturated heterocycles. The summed E-state index contributed by atoms with van der Waals surface area (Å²) in [5, 5.41) is 14.2. The van der Waals surface area contributed by atoms with Crippen LogP contribution >= 0.6 is 48.0 Å². The zero-order valence-electron chi connectivity index (χ0n) is 37.3. The van der Waals surface area contributed by atoms with E-state index in [2.05, 4.69) is 10.6 Å². The Hall–Kier alpha value is -6.47. The molecule has 0 aliphatic carbocycles. The predicted molar refractivity (Wildman–Crippen MR) is 274 cm³/mol. The van der Waals surface area contributed by atoms with Crippen LogP contribution in [0, 0.1) is 13.8 Å². The zero-order valence-corrected chi connectivity index (χ0v) is 40.5. The van der Waals surface area contributed by atoms with Crippen LogP contribution in [0.2, 0.25) is 0 Å². The van der Waals surface area contributed by atoms with Crippen LogP contribution in [0.5, 0.6) is 0 Å². The van der Waals surface area contributed by atoms with Crippen molar-refractivity contribution in [3.63, 3.8) is 0 Å². The number of thiocarbonyl (C=S) groups is 2. The molecule has 2 atom stereocenters. The minimum atomic E-state index is -0.833. The van der Waals surface area contributed by atoms with Crippen molar-refractivity contribution in [2.24, 2.45) is 0 Å². The second-order valence-electron chi connectivity index (χ2n) is 15.1. The number of likely N-dealkylation sites (N-methyl/N-ethyl adjacent to an activating group) is 2. The van der Waals surface area contributed by atoms with E-state index in [1.807, 2.05) is 126 Å². The quantitative estimate of drug-likeness (QED) is 0.0879. The van der Waals surface area contributed by atoms with Gasteiger partial charge in [-0.1, -0.05) is 121 Å². The number of hydrogen-bond acceptors (Lipinski definition) is 13. The Kier molecular flexibility index (Phi) is 16.1. The average molecular weight is 961 g/mol. The fraction of sp³-hybridized carbons (Fsp3) is 0.229. The number of fused-ring (bicyclic) bond motifs is 2. The van der Waals surface area contributed by atoms with Crippen molar-refractivity contribution in [2.45, 2.75) is 60.5 Å². The zero-order chi connectivity index (χ0) is 47.8. The van der Waals surface area contributed by atoms with Crippen LogP contribution in [0.25, 0.3) is 23.4 Å². The van der Waals surface area contributed by atoms with Crippen LogP contribution in [0.1, 0.15) is 80.1 Å². The molecule has 18 heteroatoms. The molecule has 2 aliphatic heterocycles. The number of aryl methyl sites for hydroxylation is 2. The second-order valence-corrected chi connectivity index (χ2v) is 18.4. The van der Waals surface area contributed by atoms with Crippen LogP contribution in [-0.4, -0.2) is 73.2 Å². The van der Waals surface area contributed by atoms with Gasteiger partial charge < -0.3 is 15.7 Å². The van der Waals surface area contributed by atoms with Crippen LogP contribution in [-0.2, 0) is 14.4 Å². The standard InChI is InChI=1S/2C23H22N4O2S2.C2H4O2/c2*1-4-26-22(29)18(31-23(26)30)13-17-19(24-15(3)16-10-6-5-7-11-16)25-20-14(2)9-8-12-27(20)21(17)28;1-2(3)4/h2*5-13,15,24H,4H2,1-3H3;1H3,(H,3,4)/b2*18-13-;. The van der Waals surface area contributed by atoms with Crippen LogP contribution < -0.4 is 21.8 Å². The lowest BCUT2D eigenvalue weighted by Gasteiger charge is -2.18. The van der Waals surface area contributed by atoms with Gasteiger partial charge in [0.25, 0.3) is 28.9 Å². The lowest BCUT2D eigenvalue weighted by atomic mass is 10.1. The van der Waals surface area contributed by atoms with Crippen molar-refractivity contribution in [1.29, 1.82) is 0 Å². The van der Waals surface area contributed by atoms with Crippen LogP contribution in [0.15, 0.2) is 117 Å². The minimum Gasteiger partial charge on any atom is -0.481 e. The Bertz CT molecular complexity index is 2840. The van der Waals surface area contributed by atoms with E-state index < -0.39 is 5.97 Å². The van der Waals surface area contributed by atoms with E-state index in [4.69, 9.17) is 44.3 Å². The van der Waals surface area contributed by atoms with Gasteiger partial charge in [0.1, 0.15) is 31.6 Å². The Morgan fingerprint density at radius 3 is 1.32 bits per heavy atom. The van der Waals surface area contributed by atoms with E-state index in [0.717, 1.165) is 29.2 Å². The lowest BCUT2D eigenvalue weighted by Crippen LogP contribution is -2.27. The summed E-state index contributed by atoms with van der Waals surface area (Å²) in [7, 11) is 0. The number of amides is 2. The Morgan fingerprint density at radius 2 is 1.00 bits per heavy atom. The summed E-state index contributed by atoms with van der Waals surface area (Å²) in [6.07, 6.45) is 6.60. The number of carbonyl (C=O) groups is 3. The van der Waals surface area contributed by atoms with Gasteiger partial charge in [-0.3, -0.25) is 42.6 Å². The van der Waals surface area contributed by atoms with E-state index in [1.165, 1.54) is 42.1 Å². The number of aromatic nitrogens is 4. The second kappa shape index (κ2) is 21.7. The lowest BCUT2D eigenvalue weighted by molar-refractivity contribution is -0.134. The highest BCUT2D eigenvalue weighted by molar-refractivity contribution is 8.27. The minimum absolute atomic E-state index is 0.0862. The number of carboxylic acids is 1. The molecule has 0 saturated carbocycles. The van der Waals surface area contributed by atoms with E-state index in [-0.39, 0.29) is 35.0 Å². The molecule has 14 nitrogen and oxygen atoms in total. The SMILES string of the molecule is CC(=O)O.CCN1C(=O)/C(=C/c2c(NC(C)c3ccccc3)nc3c(C)cccn3c2=O)SC1=S.CCN1C(=O)/C(=C/c2c(NC(C)c3ccccc3)nc3c(C)cccn3c2=O)SC1=S. The topological polar surface area (TPSA) is 171 Å². The summed E-state index contributed by atoms with van der Waals surface area (Å²) in [6.45, 7) is 13.7. The number of carbonyl (C=O) groups excluding carboxylic acids is 2. The number of hydrogen-bond donors (Lipinski definition) is 3. The third-order valence-electron chi connectivity index (χ3n) is 10.4. The first-order valence-corrected chi connectivity index (χ1v) is 23.4. The summed E-state index contributed by atoms with van der Waals surface area (Å²) in [5.41, 5.74) is 5.26. The van der Waals surface area contributed by atoms with Crippen molar-refractivity contribution in [3.8, 4) is 0 Å². The van der Waals surface area contributed by atoms with Gasteiger partial charge in [-0.25, -0.2) is 9.97 Å². The van der Waals surface area contributed by atoms with Crippen LogP contribution in [0.4, 0.5) is 11.6 Å². The molecule has 340 valence electrons. The van der Waals surface area contributed by atoms with Gasteiger partial charge in [-0.2, -0.15) is 0 Å². The van der Waals surface area contributed by atoms with Gasteiger partial charge in [0, 0.05) is 44.5 Å². The molecule has 0 spiro atoms. The number of rotatable bonds is 10. The van der Waals surface area contributed by atoms with Crippen LogP contribution in [0.3, 0.4) is 0 Å². The molecular formula is C48H48N8O6S4. The highest BCUT2D eigenvalue weighted by Gasteiger charge is 2.33. The Balaban J connectivity index is 0.000000202. The molecule has 2 aliphatic rings. The number of aliphatic carboxylic acids is 1. The molecule has 6 heterocycles. The molecule has 3 N–H and O–H groups in total. The summed E-state index contributed by atoms with van der Waals surface area (Å²) in [6, 6.07) is 27.1. The monoisotopic (exact) mass is 960 g/mol. The normalized spacial score (nSPS) is 15.7. The third kappa shape index (κ3) is 11.0. The van der Waals surface area contributed by atoms with E-state index >= 15 is 0 Å². The largest absolute Gasteiger partial charge is 0.481 e. The number of pyridine rings is 2. The number of benzene rings is 2. The average Bonchev–Trinajstić information content (AvgIpc) is 3.73. The molecule has 66 heavy (non-hydrogen) atoms. The highest BCUT2D eigenvalue weighted by atomic mass is 32.2. The first-order chi connectivity index (χ1) is 31.5. The number of anilines is 2. The summed E-state index contributed by atoms with van der Waals surface area (Å²) in [5.74, 6) is -0.323. The fourth-order valence-corrected chi connectivity index (χ4v) is 9.70. The van der Waals surface area contributed by atoms with Crippen molar-refractivity contribution in [3.05, 3.63) is 161 Å². The van der Waals surface area contributed by atoms with Gasteiger partial charge in [-0.05, 0) is 88.1 Å². The number of nitrogens with zero attached hydrogens (tertiary/aromatic N) is 6. The fourth-order valence-electron chi connectivity index (χ4n) is 6.97. The summed E-state index contributed by atoms with van der Waals surface area (Å²) < 4.78 is 4.02. The van der Waals surface area contributed by atoms with Gasteiger partial charge in [0.2, 0.25) is 0 Å². The first kappa shape index (κ1) is 49.0. The number of nitrogens with one attached hydrogen (secondary N) is 2. The van der Waals surface area contributed by atoms with Crippen molar-refractivity contribution >= 4 is 109 Å². The number of carboxylic acid groups (broad SMARTS) is 1. The summed E-state index contributed by atoms with van der Waals surface area (Å²) >= 11 is 13.0. The highest BCUT2D eigenvalue weighted by Crippen LogP contribution is 2.35. The number of thioether (sulfide) groups is 2. The molecule has 2 amide bonds. The predicted octanol–water partition coefficient (Wildman–Crippen LogP) is 8.89. The van der Waals surface area contributed by atoms with Gasteiger partial charge >= 0.3 is 0 Å². The smallest absolute Gasteiger partial charge is 0.300 e. The molecule has 6 aromatic rings.